The number of ketones is 1. The molecule has 4 aliphatic rings. The van der Waals surface area contributed by atoms with Gasteiger partial charge in [-0.25, -0.2) is 0 Å². The molecule has 8 atom stereocenters. The highest BCUT2D eigenvalue weighted by Gasteiger charge is 2.71. The van der Waals surface area contributed by atoms with Crippen LogP contribution in [0.4, 0.5) is 0 Å². The van der Waals surface area contributed by atoms with E-state index in [1.54, 1.807) is 6.92 Å². The summed E-state index contributed by atoms with van der Waals surface area (Å²) < 4.78 is 11.0. The largest absolute Gasteiger partial charge is 0.465 e. The number of fused-ring (bicyclic) bond motifs is 5. The van der Waals surface area contributed by atoms with E-state index in [1.807, 2.05) is 0 Å². The van der Waals surface area contributed by atoms with E-state index in [4.69, 9.17) is 9.47 Å². The van der Waals surface area contributed by atoms with Crippen LogP contribution in [0, 0.1) is 28.6 Å². The molecule has 0 aromatic heterocycles. The summed E-state index contributed by atoms with van der Waals surface area (Å²) in [6.45, 7) is 6.56. The lowest BCUT2D eigenvalue weighted by Crippen LogP contribution is -2.69. The van der Waals surface area contributed by atoms with Crippen molar-refractivity contribution in [2.45, 2.75) is 103 Å². The number of ether oxygens (including phenoxy) is 2. The number of carbonyl (C=O) groups is 3. The number of aliphatic hydroxyl groups is 2. The maximum absolute atomic E-state index is 12.4. The van der Waals surface area contributed by atoms with Crippen molar-refractivity contribution in [1.82, 2.24) is 0 Å². The molecule has 0 spiro atoms. The Morgan fingerprint density at radius 2 is 1.56 bits per heavy atom. The topological polar surface area (TPSA) is 110 Å². The Hall–Kier alpha value is -1.47. The van der Waals surface area contributed by atoms with Gasteiger partial charge in [-0.1, -0.05) is 6.92 Å². The summed E-state index contributed by atoms with van der Waals surface area (Å²) in [6.07, 6.45) is 5.00. The molecule has 0 saturated heterocycles. The molecule has 0 unspecified atom stereocenters. The molecule has 0 aliphatic heterocycles. The predicted octanol–water partition coefficient (Wildman–Crippen LogP) is 2.94. The summed E-state index contributed by atoms with van der Waals surface area (Å²) in [5.41, 5.74) is -3.26. The van der Waals surface area contributed by atoms with Crippen LogP contribution in [0.5, 0.6) is 0 Å². The standard InChI is InChI=1S/C25H38O7/c1-15(26)19-8-12-25(30)21-7-11-24(29)13-18(32-17(3)28)5-10-23(24,14-31-16(2)27)20(21)6-9-22(19,25)4/h18-21,29-30H,5-14H2,1-4H3/t18-,19-,20-,21+,22+,23-,24+,25+/m0/s1. The first-order chi connectivity index (χ1) is 14.9. The number of rotatable bonds is 4. The van der Waals surface area contributed by atoms with Gasteiger partial charge in [0.25, 0.3) is 0 Å². The summed E-state index contributed by atoms with van der Waals surface area (Å²) in [4.78, 5) is 35.7. The molecule has 32 heavy (non-hydrogen) atoms. The fourth-order valence-electron chi connectivity index (χ4n) is 8.50. The molecule has 7 heteroatoms. The van der Waals surface area contributed by atoms with Gasteiger partial charge in [0.15, 0.2) is 0 Å². The zero-order valence-corrected chi connectivity index (χ0v) is 19.8. The molecule has 180 valence electrons. The highest BCUT2D eigenvalue weighted by molar-refractivity contribution is 5.80. The molecule has 0 amide bonds. The minimum atomic E-state index is -1.13. The normalized spacial score (nSPS) is 47.6. The van der Waals surface area contributed by atoms with Gasteiger partial charge in [-0.3, -0.25) is 14.4 Å². The van der Waals surface area contributed by atoms with Gasteiger partial charge in [0.2, 0.25) is 0 Å². The van der Waals surface area contributed by atoms with Crippen LogP contribution in [0.25, 0.3) is 0 Å². The van der Waals surface area contributed by atoms with E-state index in [9.17, 15) is 24.6 Å². The molecule has 0 aromatic carbocycles. The number of hydrogen-bond donors (Lipinski definition) is 2. The fourth-order valence-corrected chi connectivity index (χ4v) is 8.50. The maximum Gasteiger partial charge on any atom is 0.302 e. The van der Waals surface area contributed by atoms with Gasteiger partial charge < -0.3 is 19.7 Å². The second-order valence-corrected chi connectivity index (χ2v) is 11.3. The minimum Gasteiger partial charge on any atom is -0.465 e. The molecule has 4 rings (SSSR count). The average Bonchev–Trinajstić information content (AvgIpc) is 2.97. The third-order valence-electron chi connectivity index (χ3n) is 9.99. The van der Waals surface area contributed by atoms with E-state index in [-0.39, 0.29) is 48.2 Å². The Morgan fingerprint density at radius 1 is 0.875 bits per heavy atom. The zero-order valence-electron chi connectivity index (χ0n) is 19.8. The average molecular weight is 451 g/mol. The van der Waals surface area contributed by atoms with Crippen molar-refractivity contribution in [3.05, 3.63) is 0 Å². The van der Waals surface area contributed by atoms with E-state index in [2.05, 4.69) is 6.92 Å². The minimum absolute atomic E-state index is 0.0253. The van der Waals surface area contributed by atoms with Crippen LogP contribution in [0.3, 0.4) is 0 Å². The highest BCUT2D eigenvalue weighted by Crippen LogP contribution is 2.70. The molecule has 0 bridgehead atoms. The van der Waals surface area contributed by atoms with Crippen molar-refractivity contribution >= 4 is 17.7 Å². The molecule has 4 aliphatic carbocycles. The quantitative estimate of drug-likeness (QED) is 0.634. The van der Waals surface area contributed by atoms with Crippen molar-refractivity contribution < 1.29 is 34.1 Å². The zero-order chi connectivity index (χ0) is 23.5. The van der Waals surface area contributed by atoms with Crippen LogP contribution in [0.15, 0.2) is 0 Å². The molecular formula is C25H38O7. The summed E-state index contributed by atoms with van der Waals surface area (Å²) in [6, 6.07) is 0. The van der Waals surface area contributed by atoms with Gasteiger partial charge in [0.05, 0.1) is 17.8 Å². The lowest BCUT2D eigenvalue weighted by Gasteiger charge is -2.66. The molecule has 0 aromatic rings. The van der Waals surface area contributed by atoms with Gasteiger partial charge in [0.1, 0.15) is 11.9 Å². The van der Waals surface area contributed by atoms with E-state index in [1.165, 1.54) is 13.8 Å². The Kier molecular flexibility index (Phi) is 5.77. The highest BCUT2D eigenvalue weighted by atomic mass is 16.5. The Labute approximate surface area is 190 Å². The number of esters is 2. The Bertz CT molecular complexity index is 810. The van der Waals surface area contributed by atoms with Crippen molar-refractivity contribution in [2.24, 2.45) is 28.6 Å². The smallest absolute Gasteiger partial charge is 0.302 e. The van der Waals surface area contributed by atoms with Crippen molar-refractivity contribution in [3.8, 4) is 0 Å². The SMILES string of the molecule is CC(=O)OC[C@]12CC[C@H](OC(C)=O)C[C@]1(O)CC[C@@H]1[C@@H]2CC[C@]2(C)[C@H](C(C)=O)CC[C@@]12O. The van der Waals surface area contributed by atoms with E-state index in [0.29, 0.717) is 51.4 Å². The van der Waals surface area contributed by atoms with Crippen LogP contribution in [-0.4, -0.2) is 51.8 Å². The lowest BCUT2D eigenvalue weighted by molar-refractivity contribution is -0.272. The van der Waals surface area contributed by atoms with Gasteiger partial charge in [-0.15, -0.1) is 0 Å². The summed E-state index contributed by atoms with van der Waals surface area (Å²) in [7, 11) is 0. The Balaban J connectivity index is 1.71. The third-order valence-corrected chi connectivity index (χ3v) is 9.99. The van der Waals surface area contributed by atoms with Gasteiger partial charge in [-0.2, -0.15) is 0 Å². The number of Topliss-reactive ketones (excluding diaryl/α,β-unsaturated/α-hetero) is 1. The first kappa shape index (κ1) is 23.7. The number of carbonyl (C=O) groups excluding carboxylic acids is 3. The van der Waals surface area contributed by atoms with E-state index < -0.39 is 22.0 Å². The third kappa shape index (κ3) is 3.25. The molecule has 4 saturated carbocycles. The molecular weight excluding hydrogens is 412 g/mol. The van der Waals surface area contributed by atoms with E-state index >= 15 is 0 Å². The molecule has 7 nitrogen and oxygen atoms in total. The molecule has 0 radical (unpaired) electrons. The lowest BCUT2D eigenvalue weighted by atomic mass is 9.41. The molecule has 4 fully saturated rings. The second-order valence-electron chi connectivity index (χ2n) is 11.3. The fraction of sp³-hybridized carbons (Fsp3) is 0.880. The van der Waals surface area contributed by atoms with Gasteiger partial charge in [-0.05, 0) is 70.1 Å². The second kappa shape index (κ2) is 7.79. The molecule has 0 heterocycles. The van der Waals surface area contributed by atoms with Gasteiger partial charge >= 0.3 is 11.9 Å². The Morgan fingerprint density at radius 3 is 2.19 bits per heavy atom. The van der Waals surface area contributed by atoms with Crippen LogP contribution < -0.4 is 0 Å². The van der Waals surface area contributed by atoms with Crippen LogP contribution in [-0.2, 0) is 23.9 Å². The van der Waals surface area contributed by atoms with Crippen molar-refractivity contribution in [3.63, 3.8) is 0 Å². The monoisotopic (exact) mass is 450 g/mol. The summed E-state index contributed by atoms with van der Waals surface area (Å²) in [5, 5.41) is 24.1. The van der Waals surface area contributed by atoms with Crippen LogP contribution in [0.1, 0.15) is 85.5 Å². The van der Waals surface area contributed by atoms with Crippen LogP contribution >= 0.6 is 0 Å². The maximum atomic E-state index is 12.4. The summed E-state index contributed by atoms with van der Waals surface area (Å²) in [5.74, 6) is -0.829. The van der Waals surface area contributed by atoms with Crippen molar-refractivity contribution in [1.29, 1.82) is 0 Å². The predicted molar refractivity (Wildman–Crippen MR) is 115 cm³/mol. The summed E-state index contributed by atoms with van der Waals surface area (Å²) >= 11 is 0. The first-order valence-corrected chi connectivity index (χ1v) is 12.1. The molecule has 2 N–H and O–H groups in total. The van der Waals surface area contributed by atoms with Gasteiger partial charge in [0, 0.05) is 37.0 Å². The van der Waals surface area contributed by atoms with Crippen molar-refractivity contribution in [2.75, 3.05) is 6.61 Å². The van der Waals surface area contributed by atoms with E-state index in [0.717, 1.165) is 6.42 Å². The van der Waals surface area contributed by atoms with Crippen LogP contribution in [0.2, 0.25) is 0 Å². The number of hydrogen-bond acceptors (Lipinski definition) is 7. The first-order valence-electron chi connectivity index (χ1n) is 12.1.